The molecule has 1 unspecified atom stereocenters. The number of piperazine rings is 1. The predicted octanol–water partition coefficient (Wildman–Crippen LogP) is 3.59. The average Bonchev–Trinajstić information content (AvgIpc) is 2.87. The summed E-state index contributed by atoms with van der Waals surface area (Å²) in [5.74, 6) is -0.189. The zero-order valence-corrected chi connectivity index (χ0v) is 19.8. The Morgan fingerprint density at radius 2 is 1.56 bits per heavy atom. The van der Waals surface area contributed by atoms with Crippen LogP contribution in [0, 0.1) is 0 Å². The van der Waals surface area contributed by atoms with Crippen LogP contribution in [0.15, 0.2) is 79.0 Å². The van der Waals surface area contributed by atoms with Crippen molar-refractivity contribution in [2.24, 2.45) is 0 Å². The lowest BCUT2D eigenvalue weighted by molar-refractivity contribution is -0.133. The van der Waals surface area contributed by atoms with E-state index in [2.05, 4.69) is 9.88 Å². The Balaban J connectivity index is 1.27. The molecular formula is C27H30ClN3O3. The van der Waals surface area contributed by atoms with Crippen LogP contribution < -0.4 is 0 Å². The number of carbonyl (C=O) groups excluding carboxylic acids is 1. The molecule has 1 atom stereocenters. The second-order valence-electron chi connectivity index (χ2n) is 8.52. The van der Waals surface area contributed by atoms with Gasteiger partial charge in [-0.05, 0) is 23.3 Å². The van der Waals surface area contributed by atoms with Crippen LogP contribution in [0.1, 0.15) is 22.7 Å². The van der Waals surface area contributed by atoms with E-state index < -0.39 is 6.10 Å². The first-order valence-electron chi connectivity index (χ1n) is 11.6. The number of hydrogen-bond acceptors (Lipinski definition) is 5. The van der Waals surface area contributed by atoms with Crippen LogP contribution in [0.25, 0.3) is 0 Å². The van der Waals surface area contributed by atoms with E-state index in [4.69, 9.17) is 16.3 Å². The Morgan fingerprint density at radius 1 is 0.941 bits per heavy atom. The van der Waals surface area contributed by atoms with E-state index in [0.29, 0.717) is 31.3 Å². The van der Waals surface area contributed by atoms with E-state index in [1.165, 1.54) is 0 Å². The molecule has 1 saturated heterocycles. The molecule has 1 fully saturated rings. The molecule has 34 heavy (non-hydrogen) atoms. The minimum atomic E-state index is -0.601. The highest BCUT2D eigenvalue weighted by Gasteiger charge is 2.30. The lowest BCUT2D eigenvalue weighted by Gasteiger charge is -2.37. The second kappa shape index (κ2) is 12.1. The maximum Gasteiger partial charge on any atom is 0.234 e. The van der Waals surface area contributed by atoms with E-state index in [9.17, 15) is 9.90 Å². The summed E-state index contributed by atoms with van der Waals surface area (Å²) in [6.45, 7) is 3.78. The maximum absolute atomic E-state index is 13.5. The van der Waals surface area contributed by atoms with Gasteiger partial charge in [0.05, 0.1) is 36.0 Å². The van der Waals surface area contributed by atoms with Crippen LogP contribution in [-0.4, -0.2) is 71.2 Å². The Kier molecular flexibility index (Phi) is 8.66. The minimum Gasteiger partial charge on any atom is -0.389 e. The molecule has 1 amide bonds. The van der Waals surface area contributed by atoms with Crippen molar-refractivity contribution in [3.05, 3.63) is 101 Å². The standard InChI is InChI=1S/C27H30ClN3O3/c28-23-11-12-24(29-17-23)19-34-20-25(32)18-30-13-15-31(16-14-30)27(33)26(21-7-3-1-4-8-21)22-9-5-2-6-10-22/h1-12,17,25-26,32H,13-16,18-20H2. The third-order valence-electron chi connectivity index (χ3n) is 6.01. The average molecular weight is 480 g/mol. The zero-order chi connectivity index (χ0) is 23.8. The molecule has 6 nitrogen and oxygen atoms in total. The van der Waals surface area contributed by atoms with Gasteiger partial charge in [0.1, 0.15) is 0 Å². The molecular weight excluding hydrogens is 450 g/mol. The summed E-state index contributed by atoms with van der Waals surface area (Å²) in [5, 5.41) is 11.0. The van der Waals surface area contributed by atoms with Crippen molar-refractivity contribution in [3.63, 3.8) is 0 Å². The molecule has 3 aromatic rings. The molecule has 0 aliphatic carbocycles. The quantitative estimate of drug-likeness (QED) is 0.508. The molecule has 1 aliphatic heterocycles. The van der Waals surface area contributed by atoms with Crippen LogP contribution in [0.2, 0.25) is 5.02 Å². The van der Waals surface area contributed by atoms with Crippen LogP contribution in [0.4, 0.5) is 0 Å². The fourth-order valence-electron chi connectivity index (χ4n) is 4.24. The molecule has 1 aromatic heterocycles. The number of carbonyl (C=O) groups is 1. The van der Waals surface area contributed by atoms with Gasteiger partial charge in [-0.2, -0.15) is 0 Å². The number of aliphatic hydroxyl groups excluding tert-OH is 1. The van der Waals surface area contributed by atoms with Crippen molar-refractivity contribution >= 4 is 17.5 Å². The Bertz CT molecular complexity index is 987. The number of pyridine rings is 1. The molecule has 7 heteroatoms. The van der Waals surface area contributed by atoms with Crippen molar-refractivity contribution < 1.29 is 14.6 Å². The first-order valence-corrected chi connectivity index (χ1v) is 11.9. The molecule has 0 radical (unpaired) electrons. The molecule has 2 aromatic carbocycles. The lowest BCUT2D eigenvalue weighted by Crippen LogP contribution is -2.51. The molecule has 2 heterocycles. The molecule has 4 rings (SSSR count). The van der Waals surface area contributed by atoms with Gasteiger partial charge in [0.2, 0.25) is 5.91 Å². The number of halogens is 1. The van der Waals surface area contributed by atoms with E-state index >= 15 is 0 Å². The fourth-order valence-corrected chi connectivity index (χ4v) is 4.36. The predicted molar refractivity (Wildman–Crippen MR) is 133 cm³/mol. The van der Waals surface area contributed by atoms with Crippen LogP contribution in [-0.2, 0) is 16.1 Å². The van der Waals surface area contributed by atoms with E-state index in [-0.39, 0.29) is 18.4 Å². The highest BCUT2D eigenvalue weighted by atomic mass is 35.5. The van der Waals surface area contributed by atoms with E-state index in [0.717, 1.165) is 29.9 Å². The van der Waals surface area contributed by atoms with Crippen molar-refractivity contribution in [3.8, 4) is 0 Å². The SMILES string of the molecule is O=C(C(c1ccccc1)c1ccccc1)N1CCN(CC(O)COCc2ccc(Cl)cn2)CC1. The molecule has 178 valence electrons. The van der Waals surface area contributed by atoms with Gasteiger partial charge in [-0.3, -0.25) is 14.7 Å². The van der Waals surface area contributed by atoms with Crippen molar-refractivity contribution in [2.45, 2.75) is 18.6 Å². The minimum absolute atomic E-state index is 0.122. The largest absolute Gasteiger partial charge is 0.389 e. The zero-order valence-electron chi connectivity index (χ0n) is 19.1. The summed E-state index contributed by atoms with van der Waals surface area (Å²) in [4.78, 5) is 21.9. The van der Waals surface area contributed by atoms with E-state index in [1.54, 1.807) is 12.3 Å². The third kappa shape index (κ3) is 6.64. The Hall–Kier alpha value is -2.77. The third-order valence-corrected chi connectivity index (χ3v) is 6.24. The van der Waals surface area contributed by atoms with Crippen molar-refractivity contribution in [1.29, 1.82) is 0 Å². The number of aliphatic hydroxyl groups is 1. The second-order valence-corrected chi connectivity index (χ2v) is 8.95. The highest BCUT2D eigenvalue weighted by Crippen LogP contribution is 2.27. The number of nitrogens with zero attached hydrogens (tertiary/aromatic N) is 3. The summed E-state index contributed by atoms with van der Waals surface area (Å²) in [7, 11) is 0. The topological polar surface area (TPSA) is 65.9 Å². The number of rotatable bonds is 9. The summed E-state index contributed by atoms with van der Waals surface area (Å²) in [6, 6.07) is 23.5. The molecule has 1 aliphatic rings. The van der Waals surface area contributed by atoms with Gasteiger partial charge in [0, 0.05) is 38.9 Å². The van der Waals surface area contributed by atoms with E-state index in [1.807, 2.05) is 71.6 Å². The Morgan fingerprint density at radius 3 is 2.12 bits per heavy atom. The number of ether oxygens (including phenoxy) is 1. The van der Waals surface area contributed by atoms with Gasteiger partial charge < -0.3 is 14.7 Å². The molecule has 0 spiro atoms. The molecule has 1 N–H and O–H groups in total. The summed E-state index contributed by atoms with van der Waals surface area (Å²) in [6.07, 6.45) is 0.980. The van der Waals surface area contributed by atoms with Gasteiger partial charge in [-0.25, -0.2) is 0 Å². The highest BCUT2D eigenvalue weighted by molar-refractivity contribution is 6.30. The maximum atomic E-state index is 13.5. The number of benzene rings is 2. The summed E-state index contributed by atoms with van der Waals surface area (Å²) >= 11 is 5.84. The van der Waals surface area contributed by atoms with Crippen LogP contribution in [0.5, 0.6) is 0 Å². The van der Waals surface area contributed by atoms with Gasteiger partial charge >= 0.3 is 0 Å². The van der Waals surface area contributed by atoms with Crippen molar-refractivity contribution in [1.82, 2.24) is 14.8 Å². The van der Waals surface area contributed by atoms with Gasteiger partial charge in [0.25, 0.3) is 0 Å². The Labute approximate surface area is 205 Å². The lowest BCUT2D eigenvalue weighted by atomic mass is 9.90. The first kappa shape index (κ1) is 24.4. The van der Waals surface area contributed by atoms with Crippen LogP contribution >= 0.6 is 11.6 Å². The fraction of sp³-hybridized carbons (Fsp3) is 0.333. The van der Waals surface area contributed by atoms with Crippen molar-refractivity contribution in [2.75, 3.05) is 39.3 Å². The number of β-amino-alcohol motifs (C(OH)–C–C–N with tert-alkyl or cyclic N) is 1. The summed E-state index contributed by atoms with van der Waals surface area (Å²) < 4.78 is 5.60. The summed E-state index contributed by atoms with van der Waals surface area (Å²) in [5.41, 5.74) is 2.78. The molecule has 0 bridgehead atoms. The first-order chi connectivity index (χ1) is 16.6. The smallest absolute Gasteiger partial charge is 0.234 e. The molecule has 0 saturated carbocycles. The van der Waals surface area contributed by atoms with Gasteiger partial charge in [-0.1, -0.05) is 72.3 Å². The number of hydrogen-bond donors (Lipinski definition) is 1. The normalized spacial score (nSPS) is 15.4. The number of amides is 1. The number of aromatic nitrogens is 1. The van der Waals surface area contributed by atoms with Gasteiger partial charge in [0.15, 0.2) is 0 Å². The monoisotopic (exact) mass is 479 g/mol. The van der Waals surface area contributed by atoms with Crippen LogP contribution in [0.3, 0.4) is 0 Å². The van der Waals surface area contributed by atoms with Gasteiger partial charge in [-0.15, -0.1) is 0 Å².